The molecule has 22 heavy (non-hydrogen) atoms. The van der Waals surface area contributed by atoms with Gasteiger partial charge in [0.1, 0.15) is 0 Å². The zero-order chi connectivity index (χ0) is 15.9. The van der Waals surface area contributed by atoms with E-state index in [0.29, 0.717) is 0 Å². The van der Waals surface area contributed by atoms with E-state index in [4.69, 9.17) is 5.14 Å². The lowest BCUT2D eigenvalue weighted by atomic mass is 10.1. The molecule has 0 bridgehead atoms. The van der Waals surface area contributed by atoms with Crippen molar-refractivity contribution in [3.8, 4) is 0 Å². The van der Waals surface area contributed by atoms with Crippen molar-refractivity contribution in [3.63, 3.8) is 0 Å². The molecule has 8 heteroatoms. The minimum Gasteiger partial charge on any atom is -0.355 e. The predicted octanol–water partition coefficient (Wildman–Crippen LogP) is 0.747. The van der Waals surface area contributed by atoms with Crippen molar-refractivity contribution in [2.45, 2.75) is 25.8 Å². The maximum atomic E-state index is 11.4. The summed E-state index contributed by atoms with van der Waals surface area (Å²) >= 11 is 0. The highest BCUT2D eigenvalue weighted by Crippen LogP contribution is 2.27. The first kappa shape index (κ1) is 15.3. The smallest absolute Gasteiger partial charge is 0.276 e. The second-order valence-electron chi connectivity index (χ2n) is 5.78. The van der Waals surface area contributed by atoms with Crippen LogP contribution in [0.5, 0.6) is 0 Å². The summed E-state index contributed by atoms with van der Waals surface area (Å²) in [7, 11) is -2.07. The molecule has 7 nitrogen and oxygen atoms in total. The van der Waals surface area contributed by atoms with E-state index in [2.05, 4.69) is 27.3 Å². The number of nitrogens with two attached hydrogens (primary N) is 1. The topological polar surface area (TPSA) is 83.9 Å². The molecule has 0 spiro atoms. The van der Waals surface area contributed by atoms with Crippen molar-refractivity contribution >= 4 is 21.5 Å². The third-order valence-corrected chi connectivity index (χ3v) is 5.53. The molecule has 0 amide bonds. The molecule has 0 saturated carbocycles. The highest BCUT2D eigenvalue weighted by atomic mass is 32.2. The van der Waals surface area contributed by atoms with E-state index < -0.39 is 10.2 Å². The first-order valence-corrected chi connectivity index (χ1v) is 8.81. The summed E-state index contributed by atoms with van der Waals surface area (Å²) in [5.74, 6) is 0.960. The van der Waals surface area contributed by atoms with Gasteiger partial charge in [0.25, 0.3) is 10.2 Å². The molecule has 3 heterocycles. The largest absolute Gasteiger partial charge is 0.355 e. The van der Waals surface area contributed by atoms with Crippen LogP contribution >= 0.6 is 0 Å². The van der Waals surface area contributed by atoms with E-state index in [1.54, 1.807) is 13.2 Å². The Labute approximate surface area is 130 Å². The van der Waals surface area contributed by atoms with Crippen LogP contribution in [0.1, 0.15) is 18.4 Å². The van der Waals surface area contributed by atoms with Gasteiger partial charge in [-0.25, -0.2) is 10.1 Å². The average molecular weight is 323 g/mol. The van der Waals surface area contributed by atoms with Crippen LogP contribution in [0, 0.1) is 6.92 Å². The van der Waals surface area contributed by atoms with Gasteiger partial charge in [-0.3, -0.25) is 0 Å². The number of fused-ring (bicyclic) bond motifs is 1. The van der Waals surface area contributed by atoms with Crippen LogP contribution in [0.2, 0.25) is 0 Å². The summed E-state index contributed by atoms with van der Waals surface area (Å²) in [4.78, 5) is 6.75. The summed E-state index contributed by atoms with van der Waals surface area (Å²) < 4.78 is 26.2. The van der Waals surface area contributed by atoms with E-state index in [9.17, 15) is 8.42 Å². The quantitative estimate of drug-likeness (QED) is 0.903. The van der Waals surface area contributed by atoms with Gasteiger partial charge in [0, 0.05) is 44.8 Å². The van der Waals surface area contributed by atoms with Gasteiger partial charge < -0.3 is 9.30 Å². The van der Waals surface area contributed by atoms with Crippen LogP contribution in [-0.4, -0.2) is 48.3 Å². The second-order valence-corrected chi connectivity index (χ2v) is 7.39. The second kappa shape index (κ2) is 5.53. The minimum absolute atomic E-state index is 0.0427. The molecule has 2 aromatic rings. The van der Waals surface area contributed by atoms with Gasteiger partial charge in [0.2, 0.25) is 0 Å². The molecule has 0 aliphatic carbocycles. The number of rotatable bonds is 3. The molecule has 1 aliphatic rings. The predicted molar refractivity (Wildman–Crippen MR) is 86.0 cm³/mol. The van der Waals surface area contributed by atoms with Crippen LogP contribution < -0.4 is 10.0 Å². The molecule has 0 radical (unpaired) electrons. The first-order valence-electron chi connectivity index (χ1n) is 7.31. The molecule has 1 aliphatic heterocycles. The van der Waals surface area contributed by atoms with E-state index in [1.165, 1.54) is 9.87 Å². The molecular formula is C14H21N5O2S. The molecular weight excluding hydrogens is 302 g/mol. The number of aryl methyl sites for hydroxylation is 1. The zero-order valence-electron chi connectivity index (χ0n) is 12.8. The van der Waals surface area contributed by atoms with E-state index in [1.807, 2.05) is 12.4 Å². The van der Waals surface area contributed by atoms with Gasteiger partial charge in [0.15, 0.2) is 5.82 Å². The van der Waals surface area contributed by atoms with Crippen LogP contribution in [-0.2, 0) is 10.2 Å². The van der Waals surface area contributed by atoms with Gasteiger partial charge in [-0.2, -0.15) is 12.7 Å². The molecule has 0 unspecified atom stereocenters. The Hall–Kier alpha value is -1.64. The number of anilines is 1. The van der Waals surface area contributed by atoms with Gasteiger partial charge in [-0.1, -0.05) is 0 Å². The summed E-state index contributed by atoms with van der Waals surface area (Å²) in [6.07, 6.45) is 7.25. The maximum Gasteiger partial charge on any atom is 0.276 e. The Bertz CT molecular complexity index is 778. The highest BCUT2D eigenvalue weighted by molar-refractivity contribution is 7.86. The Morgan fingerprint density at radius 1 is 1.32 bits per heavy atom. The Morgan fingerprint density at radius 2 is 2.00 bits per heavy atom. The molecule has 1 fully saturated rings. The lowest BCUT2D eigenvalue weighted by Gasteiger charge is -2.36. The minimum atomic E-state index is -3.62. The van der Waals surface area contributed by atoms with E-state index in [0.717, 1.165) is 37.3 Å². The van der Waals surface area contributed by atoms with Crippen molar-refractivity contribution < 1.29 is 8.42 Å². The number of aromatic nitrogens is 2. The molecule has 120 valence electrons. The average Bonchev–Trinajstić information content (AvgIpc) is 2.87. The van der Waals surface area contributed by atoms with E-state index in [-0.39, 0.29) is 6.04 Å². The number of hydrogen-bond donors (Lipinski definition) is 1. The van der Waals surface area contributed by atoms with Crippen molar-refractivity contribution in [3.05, 3.63) is 30.2 Å². The van der Waals surface area contributed by atoms with Crippen LogP contribution in [0.3, 0.4) is 0 Å². The highest BCUT2D eigenvalue weighted by Gasteiger charge is 2.28. The Balaban J connectivity index is 1.80. The van der Waals surface area contributed by atoms with Crippen LogP contribution in [0.15, 0.2) is 24.7 Å². The fourth-order valence-corrected chi connectivity index (χ4v) is 3.71. The van der Waals surface area contributed by atoms with Gasteiger partial charge in [-0.05, 0) is 31.4 Å². The third-order valence-electron chi connectivity index (χ3n) is 4.43. The Morgan fingerprint density at radius 3 is 2.64 bits per heavy atom. The van der Waals surface area contributed by atoms with Crippen molar-refractivity contribution in [1.29, 1.82) is 0 Å². The number of nitrogens with zero attached hydrogens (tertiary/aromatic N) is 4. The van der Waals surface area contributed by atoms with Crippen LogP contribution in [0.4, 0.5) is 5.82 Å². The first-order chi connectivity index (χ1) is 10.4. The fraction of sp³-hybridized carbons (Fsp3) is 0.500. The summed E-state index contributed by atoms with van der Waals surface area (Å²) in [5, 5.41) is 5.20. The standard InChI is InChI=1S/C14H21N5O2S/c1-11-3-7-18-10-6-16-14(13(11)18)19-8-4-12(5-9-19)17(2)22(15,20)21/h3,6-7,10,12H,4-5,8-9H2,1-2H3,(H2,15,20,21). The third kappa shape index (κ3) is 2.69. The van der Waals surface area contributed by atoms with Crippen LogP contribution in [0.25, 0.3) is 5.52 Å². The molecule has 2 N–H and O–H groups in total. The zero-order valence-corrected chi connectivity index (χ0v) is 13.6. The van der Waals surface area contributed by atoms with Crippen molar-refractivity contribution in [2.24, 2.45) is 5.14 Å². The van der Waals surface area contributed by atoms with Gasteiger partial charge in [0.05, 0.1) is 5.52 Å². The summed E-state index contributed by atoms with van der Waals surface area (Å²) in [5.41, 5.74) is 2.30. The molecule has 0 atom stereocenters. The lowest BCUT2D eigenvalue weighted by Crippen LogP contribution is -2.47. The number of piperidine rings is 1. The number of hydrogen-bond acceptors (Lipinski definition) is 4. The molecule has 3 rings (SSSR count). The summed E-state index contributed by atoms with van der Waals surface area (Å²) in [6, 6.07) is 2.03. The maximum absolute atomic E-state index is 11.4. The van der Waals surface area contributed by atoms with E-state index >= 15 is 0 Å². The fourth-order valence-electron chi connectivity index (χ4n) is 3.08. The Kier molecular flexibility index (Phi) is 3.84. The lowest BCUT2D eigenvalue weighted by molar-refractivity contribution is 0.312. The summed E-state index contributed by atoms with van der Waals surface area (Å²) in [6.45, 7) is 3.60. The van der Waals surface area contributed by atoms with Gasteiger partial charge in [-0.15, -0.1) is 0 Å². The normalized spacial score (nSPS) is 17.5. The van der Waals surface area contributed by atoms with Gasteiger partial charge >= 0.3 is 0 Å². The molecule has 0 aromatic carbocycles. The molecule has 1 saturated heterocycles. The molecule has 2 aromatic heterocycles. The SMILES string of the molecule is Cc1ccn2ccnc(N3CCC(N(C)S(N)(=O)=O)CC3)c12. The monoisotopic (exact) mass is 323 g/mol. The van der Waals surface area contributed by atoms with Crippen molar-refractivity contribution in [2.75, 3.05) is 25.0 Å². The van der Waals surface area contributed by atoms with Crippen molar-refractivity contribution in [1.82, 2.24) is 13.7 Å².